The van der Waals surface area contributed by atoms with Crippen LogP contribution < -0.4 is 5.32 Å². The van der Waals surface area contributed by atoms with E-state index in [1.54, 1.807) is 0 Å². The average Bonchev–Trinajstić information content (AvgIpc) is 2.92. The molecule has 0 aliphatic carbocycles. The highest BCUT2D eigenvalue weighted by Crippen LogP contribution is 2.14. The van der Waals surface area contributed by atoms with E-state index in [0.29, 0.717) is 6.04 Å². The Bertz CT molecular complexity index is 511. The molecule has 0 bridgehead atoms. The van der Waals surface area contributed by atoms with E-state index < -0.39 is 0 Å². The summed E-state index contributed by atoms with van der Waals surface area (Å²) >= 11 is 0. The number of aryl methyl sites for hydroxylation is 1. The van der Waals surface area contributed by atoms with Gasteiger partial charge in [0.1, 0.15) is 5.82 Å². The molecule has 0 saturated heterocycles. The van der Waals surface area contributed by atoms with Gasteiger partial charge in [-0.3, -0.25) is 0 Å². The van der Waals surface area contributed by atoms with E-state index >= 15 is 0 Å². The topological polar surface area (TPSA) is 47.7 Å². The van der Waals surface area contributed by atoms with Crippen LogP contribution in [-0.2, 0) is 13.6 Å². The molecule has 1 N–H and O–H groups in total. The summed E-state index contributed by atoms with van der Waals surface area (Å²) in [6.07, 6.45) is 2.09. The molecule has 1 atom stereocenters. The predicted molar refractivity (Wildman–Crippen MR) is 71.4 cm³/mol. The number of hydrogen-bond acceptors (Lipinski definition) is 3. The fourth-order valence-corrected chi connectivity index (χ4v) is 2.12. The van der Waals surface area contributed by atoms with Crippen LogP contribution in [0.5, 0.6) is 0 Å². The third-order valence-corrected chi connectivity index (χ3v) is 3.31. The van der Waals surface area contributed by atoms with Crippen molar-refractivity contribution in [3.05, 3.63) is 35.7 Å². The molecular weight excluding hydrogens is 226 g/mol. The average molecular weight is 247 g/mol. The lowest BCUT2D eigenvalue weighted by Gasteiger charge is -2.16. The number of aromatic nitrogens is 4. The van der Waals surface area contributed by atoms with Gasteiger partial charge < -0.3 is 14.5 Å². The minimum Gasteiger partial charge on any atom is -0.342 e. The molecule has 0 aromatic carbocycles. The molecule has 0 aliphatic rings. The number of hydrogen-bond donors (Lipinski definition) is 1. The monoisotopic (exact) mass is 247 g/mol. The largest absolute Gasteiger partial charge is 0.342 e. The summed E-state index contributed by atoms with van der Waals surface area (Å²) in [4.78, 5) is 0. The van der Waals surface area contributed by atoms with Crippen LogP contribution >= 0.6 is 0 Å². The van der Waals surface area contributed by atoms with Gasteiger partial charge in [-0.25, -0.2) is 0 Å². The Labute approximate surface area is 108 Å². The van der Waals surface area contributed by atoms with E-state index in [0.717, 1.165) is 24.7 Å². The summed E-state index contributed by atoms with van der Waals surface area (Å²) in [5.74, 6) is 1.92. The van der Waals surface area contributed by atoms with Gasteiger partial charge in [-0.05, 0) is 32.5 Å². The quantitative estimate of drug-likeness (QED) is 0.874. The van der Waals surface area contributed by atoms with Crippen molar-refractivity contribution in [1.29, 1.82) is 0 Å². The van der Waals surface area contributed by atoms with E-state index in [2.05, 4.69) is 52.3 Å². The maximum absolute atomic E-state index is 4.21. The van der Waals surface area contributed by atoms with Crippen LogP contribution in [0.2, 0.25) is 0 Å². The number of nitrogens with zero attached hydrogens (tertiary/aromatic N) is 4. The third kappa shape index (κ3) is 2.46. The molecule has 0 saturated carbocycles. The molecule has 0 radical (unpaired) electrons. The predicted octanol–water partition coefficient (Wildman–Crippen LogP) is 1.64. The summed E-state index contributed by atoms with van der Waals surface area (Å²) in [5.41, 5.74) is 1.28. The first-order valence-corrected chi connectivity index (χ1v) is 6.36. The van der Waals surface area contributed by atoms with Crippen LogP contribution in [0.1, 0.15) is 37.2 Å². The summed E-state index contributed by atoms with van der Waals surface area (Å²) < 4.78 is 4.25. The van der Waals surface area contributed by atoms with E-state index in [-0.39, 0.29) is 0 Å². The Hall–Kier alpha value is -1.62. The lowest BCUT2D eigenvalue weighted by Crippen LogP contribution is -2.21. The minimum atomic E-state index is 0.347. The van der Waals surface area contributed by atoms with Crippen LogP contribution in [0.25, 0.3) is 0 Å². The van der Waals surface area contributed by atoms with Crippen molar-refractivity contribution >= 4 is 0 Å². The second kappa shape index (κ2) is 5.35. The Morgan fingerprint density at radius 1 is 1.39 bits per heavy atom. The Kier molecular flexibility index (Phi) is 3.81. The second-order valence-electron chi connectivity index (χ2n) is 4.56. The van der Waals surface area contributed by atoms with Crippen LogP contribution in [0.4, 0.5) is 0 Å². The van der Waals surface area contributed by atoms with Crippen molar-refractivity contribution in [1.82, 2.24) is 24.6 Å². The Balaban J connectivity index is 2.20. The fraction of sp³-hybridized carbons (Fsp3) is 0.538. The molecule has 0 fully saturated rings. The summed E-state index contributed by atoms with van der Waals surface area (Å²) in [6.45, 7) is 7.99. The lowest BCUT2D eigenvalue weighted by atomic mass is 10.2. The van der Waals surface area contributed by atoms with E-state index in [9.17, 15) is 0 Å². The Morgan fingerprint density at radius 2 is 2.17 bits per heavy atom. The second-order valence-corrected chi connectivity index (χ2v) is 4.56. The van der Waals surface area contributed by atoms with Crippen LogP contribution in [0.15, 0.2) is 18.3 Å². The minimum absolute atomic E-state index is 0.347. The van der Waals surface area contributed by atoms with Crippen molar-refractivity contribution in [3.63, 3.8) is 0 Å². The zero-order valence-corrected chi connectivity index (χ0v) is 11.5. The van der Waals surface area contributed by atoms with Gasteiger partial charge in [0, 0.05) is 25.0 Å². The van der Waals surface area contributed by atoms with Gasteiger partial charge in [0.25, 0.3) is 0 Å². The van der Waals surface area contributed by atoms with Gasteiger partial charge >= 0.3 is 0 Å². The van der Waals surface area contributed by atoms with Gasteiger partial charge in [0.15, 0.2) is 5.82 Å². The third-order valence-electron chi connectivity index (χ3n) is 3.31. The fourth-order valence-electron chi connectivity index (χ4n) is 2.12. The highest BCUT2D eigenvalue weighted by Gasteiger charge is 2.11. The van der Waals surface area contributed by atoms with Gasteiger partial charge in [-0.15, -0.1) is 10.2 Å². The van der Waals surface area contributed by atoms with E-state index in [1.165, 1.54) is 5.69 Å². The molecule has 0 aliphatic heterocycles. The Morgan fingerprint density at radius 3 is 2.78 bits per heavy atom. The standard InChI is InChI=1S/C13H21N5/c1-5-14-10(2)12-7-6-8-18(12)9-13-16-15-11(3)17(13)4/h6-8,10,14H,5,9H2,1-4H3. The molecule has 2 aromatic heterocycles. The molecule has 2 heterocycles. The van der Waals surface area contributed by atoms with Crippen molar-refractivity contribution in [2.45, 2.75) is 33.4 Å². The SMILES string of the molecule is CCNC(C)c1cccn1Cc1nnc(C)n1C. The summed E-state index contributed by atoms with van der Waals surface area (Å²) in [7, 11) is 2.00. The maximum atomic E-state index is 4.21. The van der Waals surface area contributed by atoms with Crippen LogP contribution in [-0.4, -0.2) is 25.9 Å². The van der Waals surface area contributed by atoms with Gasteiger partial charge in [-0.1, -0.05) is 6.92 Å². The molecule has 2 rings (SSSR count). The zero-order valence-electron chi connectivity index (χ0n) is 11.5. The first-order chi connectivity index (χ1) is 8.63. The van der Waals surface area contributed by atoms with E-state index in [4.69, 9.17) is 0 Å². The molecule has 18 heavy (non-hydrogen) atoms. The van der Waals surface area contributed by atoms with Crippen molar-refractivity contribution in [2.75, 3.05) is 6.54 Å². The molecule has 5 heteroatoms. The molecule has 5 nitrogen and oxygen atoms in total. The van der Waals surface area contributed by atoms with Crippen molar-refractivity contribution < 1.29 is 0 Å². The van der Waals surface area contributed by atoms with Gasteiger partial charge in [-0.2, -0.15) is 0 Å². The van der Waals surface area contributed by atoms with Crippen molar-refractivity contribution in [2.24, 2.45) is 7.05 Å². The smallest absolute Gasteiger partial charge is 0.152 e. The highest BCUT2D eigenvalue weighted by molar-refractivity contribution is 5.13. The number of rotatable bonds is 5. The summed E-state index contributed by atoms with van der Waals surface area (Å²) in [5, 5.41) is 11.7. The molecule has 0 amide bonds. The zero-order chi connectivity index (χ0) is 13.1. The molecule has 1 unspecified atom stereocenters. The molecule has 98 valence electrons. The van der Waals surface area contributed by atoms with Gasteiger partial charge in [0.2, 0.25) is 0 Å². The molecule has 2 aromatic rings. The maximum Gasteiger partial charge on any atom is 0.152 e. The molecular formula is C13H21N5. The first-order valence-electron chi connectivity index (χ1n) is 6.36. The van der Waals surface area contributed by atoms with Crippen LogP contribution in [0, 0.1) is 6.92 Å². The van der Waals surface area contributed by atoms with E-state index in [1.807, 2.05) is 18.5 Å². The highest BCUT2D eigenvalue weighted by atomic mass is 15.3. The summed E-state index contributed by atoms with van der Waals surface area (Å²) in [6, 6.07) is 4.57. The number of nitrogens with one attached hydrogen (secondary N) is 1. The van der Waals surface area contributed by atoms with Gasteiger partial charge in [0.05, 0.1) is 6.54 Å². The first kappa shape index (κ1) is 12.8. The van der Waals surface area contributed by atoms with Crippen molar-refractivity contribution in [3.8, 4) is 0 Å². The lowest BCUT2D eigenvalue weighted by molar-refractivity contribution is 0.545. The normalized spacial score (nSPS) is 12.9. The molecule has 0 spiro atoms. The van der Waals surface area contributed by atoms with Crippen LogP contribution in [0.3, 0.4) is 0 Å².